The third-order valence-corrected chi connectivity index (χ3v) is 3.85. The molecule has 0 heterocycles. The lowest BCUT2D eigenvalue weighted by Gasteiger charge is -2.19. The minimum Gasteiger partial charge on any atom is -0.354 e. The van der Waals surface area contributed by atoms with E-state index in [0.717, 1.165) is 12.8 Å². The number of carbonyl (C=O) groups excluding carboxylic acids is 1. The molecule has 102 valence electrons. The second kappa shape index (κ2) is 7.66. The lowest BCUT2D eigenvalue weighted by molar-refractivity contribution is -0.121. The molecule has 1 atom stereocenters. The second-order valence-corrected chi connectivity index (χ2v) is 6.27. The van der Waals surface area contributed by atoms with Gasteiger partial charge in [-0.3, -0.25) is 4.79 Å². The van der Waals surface area contributed by atoms with Gasteiger partial charge < -0.3 is 5.32 Å². The Morgan fingerprint density at radius 2 is 1.88 bits per heavy atom. The first kappa shape index (κ1) is 16.4. The first-order chi connectivity index (χ1) is 7.81. The summed E-state index contributed by atoms with van der Waals surface area (Å²) in [7, 11) is -3.20. The van der Waals surface area contributed by atoms with Crippen molar-refractivity contribution >= 4 is 15.9 Å². The maximum absolute atomic E-state index is 11.5. The third-order valence-electron chi connectivity index (χ3n) is 2.55. The van der Waals surface area contributed by atoms with Crippen molar-refractivity contribution in [2.75, 3.05) is 19.3 Å². The zero-order valence-electron chi connectivity index (χ0n) is 11.2. The first-order valence-corrected chi connectivity index (χ1v) is 7.90. The van der Waals surface area contributed by atoms with E-state index in [9.17, 15) is 13.2 Å². The zero-order valence-corrected chi connectivity index (χ0v) is 12.0. The largest absolute Gasteiger partial charge is 0.354 e. The minimum absolute atomic E-state index is 0.0934. The lowest BCUT2D eigenvalue weighted by Crippen LogP contribution is -2.37. The van der Waals surface area contributed by atoms with Gasteiger partial charge in [0.15, 0.2) is 0 Å². The maximum atomic E-state index is 11.5. The molecule has 0 aliphatic carbocycles. The van der Waals surface area contributed by atoms with Crippen molar-refractivity contribution in [3.05, 3.63) is 0 Å². The predicted molar refractivity (Wildman–Crippen MR) is 69.2 cm³/mol. The normalized spacial score (nSPS) is 13.7. The van der Waals surface area contributed by atoms with E-state index in [2.05, 4.69) is 5.32 Å². The van der Waals surface area contributed by atoms with Crippen LogP contribution in [0.5, 0.6) is 0 Å². The summed E-state index contributed by atoms with van der Waals surface area (Å²) in [5, 5.41) is 2.82. The third kappa shape index (κ3) is 7.33. The lowest BCUT2D eigenvalue weighted by atomic mass is 10.2. The van der Waals surface area contributed by atoms with Crippen molar-refractivity contribution in [2.24, 2.45) is 0 Å². The highest BCUT2D eigenvalue weighted by atomic mass is 32.2. The highest BCUT2D eigenvalue weighted by Crippen LogP contribution is 2.01. The molecule has 1 N–H and O–H groups in total. The quantitative estimate of drug-likeness (QED) is 0.710. The molecule has 0 aromatic rings. The van der Waals surface area contributed by atoms with E-state index in [0.29, 0.717) is 6.54 Å². The highest BCUT2D eigenvalue weighted by molar-refractivity contribution is 7.88. The Kier molecular flexibility index (Phi) is 7.38. The molecule has 0 saturated carbocycles. The monoisotopic (exact) mass is 264 g/mol. The molecule has 17 heavy (non-hydrogen) atoms. The summed E-state index contributed by atoms with van der Waals surface area (Å²) in [6, 6.07) is 0.139. The Bertz CT molecular complexity index is 328. The number of hydrogen-bond acceptors (Lipinski definition) is 3. The van der Waals surface area contributed by atoms with Crippen LogP contribution in [-0.2, 0) is 14.8 Å². The standard InChI is InChI=1S/C11H24N2O3S/c1-5-8-13(17(4,15)16)9-7-11(14)12-10(3)6-2/h10H,5-9H2,1-4H3,(H,12,14). The molecule has 5 nitrogen and oxygen atoms in total. The van der Waals surface area contributed by atoms with Crippen LogP contribution in [-0.4, -0.2) is 44.0 Å². The van der Waals surface area contributed by atoms with Crippen molar-refractivity contribution in [1.29, 1.82) is 0 Å². The van der Waals surface area contributed by atoms with E-state index >= 15 is 0 Å². The maximum Gasteiger partial charge on any atom is 0.221 e. The van der Waals surface area contributed by atoms with Crippen LogP contribution in [0.15, 0.2) is 0 Å². The molecule has 0 bridgehead atoms. The van der Waals surface area contributed by atoms with Crippen LogP contribution in [0.1, 0.15) is 40.0 Å². The fourth-order valence-corrected chi connectivity index (χ4v) is 2.31. The van der Waals surface area contributed by atoms with Gasteiger partial charge in [-0.2, -0.15) is 0 Å². The van der Waals surface area contributed by atoms with Crippen molar-refractivity contribution < 1.29 is 13.2 Å². The minimum atomic E-state index is -3.20. The summed E-state index contributed by atoms with van der Waals surface area (Å²) in [5.41, 5.74) is 0. The van der Waals surface area contributed by atoms with Gasteiger partial charge >= 0.3 is 0 Å². The summed E-state index contributed by atoms with van der Waals surface area (Å²) >= 11 is 0. The zero-order chi connectivity index (χ0) is 13.5. The number of nitrogens with one attached hydrogen (secondary N) is 1. The number of nitrogens with zero attached hydrogens (tertiary/aromatic N) is 1. The molecule has 0 saturated heterocycles. The van der Waals surface area contributed by atoms with Crippen molar-refractivity contribution in [3.8, 4) is 0 Å². The number of sulfonamides is 1. The van der Waals surface area contributed by atoms with E-state index in [1.54, 1.807) is 0 Å². The molecule has 0 aliphatic heterocycles. The van der Waals surface area contributed by atoms with Gasteiger partial charge in [-0.1, -0.05) is 13.8 Å². The smallest absolute Gasteiger partial charge is 0.221 e. The van der Waals surface area contributed by atoms with Crippen LogP contribution in [0.2, 0.25) is 0 Å². The van der Waals surface area contributed by atoms with Crippen molar-refractivity contribution in [1.82, 2.24) is 9.62 Å². The molecule has 0 aliphatic rings. The van der Waals surface area contributed by atoms with E-state index < -0.39 is 10.0 Å². The number of rotatable bonds is 8. The predicted octanol–water partition coefficient (Wildman–Crippen LogP) is 0.963. The number of hydrogen-bond donors (Lipinski definition) is 1. The van der Waals surface area contributed by atoms with Gasteiger partial charge in [0.2, 0.25) is 15.9 Å². The summed E-state index contributed by atoms with van der Waals surface area (Å²) in [6.45, 7) is 6.56. The van der Waals surface area contributed by atoms with Crippen LogP contribution in [0.3, 0.4) is 0 Å². The Labute approximate surface area is 105 Å². The van der Waals surface area contributed by atoms with Gasteiger partial charge in [0, 0.05) is 25.6 Å². The molecule has 1 amide bonds. The van der Waals surface area contributed by atoms with Gasteiger partial charge in [-0.15, -0.1) is 0 Å². The summed E-state index contributed by atoms with van der Waals surface area (Å²) in [4.78, 5) is 11.5. The van der Waals surface area contributed by atoms with Gasteiger partial charge in [0.05, 0.1) is 6.26 Å². The second-order valence-electron chi connectivity index (χ2n) is 4.29. The van der Waals surface area contributed by atoms with Crippen LogP contribution >= 0.6 is 0 Å². The Balaban J connectivity index is 4.18. The van der Waals surface area contributed by atoms with Crippen LogP contribution in [0, 0.1) is 0 Å². The molecule has 0 spiro atoms. The van der Waals surface area contributed by atoms with Gasteiger partial charge in [-0.05, 0) is 19.8 Å². The number of carbonyl (C=O) groups is 1. The van der Waals surface area contributed by atoms with Crippen molar-refractivity contribution in [2.45, 2.75) is 46.1 Å². The van der Waals surface area contributed by atoms with Crippen LogP contribution in [0.25, 0.3) is 0 Å². The van der Waals surface area contributed by atoms with Gasteiger partial charge in [-0.25, -0.2) is 12.7 Å². The summed E-state index contributed by atoms with van der Waals surface area (Å²) in [5.74, 6) is -0.0934. The van der Waals surface area contributed by atoms with E-state index in [1.165, 1.54) is 10.6 Å². The Hall–Kier alpha value is -0.620. The molecular weight excluding hydrogens is 240 g/mol. The van der Waals surface area contributed by atoms with Crippen LogP contribution in [0.4, 0.5) is 0 Å². The molecule has 0 fully saturated rings. The van der Waals surface area contributed by atoms with E-state index in [4.69, 9.17) is 0 Å². The van der Waals surface area contributed by atoms with E-state index in [1.807, 2.05) is 20.8 Å². The van der Waals surface area contributed by atoms with Gasteiger partial charge in [0.25, 0.3) is 0 Å². The van der Waals surface area contributed by atoms with E-state index in [-0.39, 0.29) is 24.9 Å². The fraction of sp³-hybridized carbons (Fsp3) is 0.909. The molecule has 0 rings (SSSR count). The Morgan fingerprint density at radius 1 is 1.29 bits per heavy atom. The van der Waals surface area contributed by atoms with Gasteiger partial charge in [0.1, 0.15) is 0 Å². The molecule has 0 aromatic carbocycles. The average Bonchev–Trinajstić information content (AvgIpc) is 2.22. The molecule has 0 radical (unpaired) electrons. The van der Waals surface area contributed by atoms with Crippen molar-refractivity contribution in [3.63, 3.8) is 0 Å². The molecule has 0 aromatic heterocycles. The average molecular weight is 264 g/mol. The topological polar surface area (TPSA) is 66.5 Å². The molecule has 6 heteroatoms. The summed E-state index contributed by atoms with van der Waals surface area (Å²) in [6.07, 6.45) is 3.02. The fourth-order valence-electron chi connectivity index (χ4n) is 1.37. The molecular formula is C11H24N2O3S. The SMILES string of the molecule is CCCN(CCC(=O)NC(C)CC)S(C)(=O)=O. The highest BCUT2D eigenvalue weighted by Gasteiger charge is 2.16. The Morgan fingerprint density at radius 3 is 2.29 bits per heavy atom. The summed E-state index contributed by atoms with van der Waals surface area (Å²) < 4.78 is 24.2. The first-order valence-electron chi connectivity index (χ1n) is 6.05. The van der Waals surface area contributed by atoms with Crippen LogP contribution < -0.4 is 5.32 Å². The number of amides is 1. The molecule has 1 unspecified atom stereocenters.